The van der Waals surface area contributed by atoms with Crippen molar-refractivity contribution < 1.29 is 0 Å². The highest BCUT2D eigenvalue weighted by Gasteiger charge is 2.59. The highest BCUT2D eigenvalue weighted by Crippen LogP contribution is 2.60. The van der Waals surface area contributed by atoms with Crippen LogP contribution in [0.1, 0.15) is 38.5 Å². The minimum atomic E-state index is -0.134. The molecule has 0 aromatic heterocycles. The van der Waals surface area contributed by atoms with E-state index in [9.17, 15) is 5.26 Å². The first-order valence-corrected chi connectivity index (χ1v) is 5.26. The molecule has 0 N–H and O–H groups in total. The Balaban J connectivity index is 2.33. The maximum absolute atomic E-state index is 9.40. The molecule has 2 heteroatoms. The van der Waals surface area contributed by atoms with E-state index < -0.39 is 0 Å². The fourth-order valence-corrected chi connectivity index (χ4v) is 3.39. The predicted octanol–water partition coefficient (Wildman–Crippen LogP) is 2.16. The molecule has 2 aliphatic rings. The van der Waals surface area contributed by atoms with E-state index in [1.165, 1.54) is 32.1 Å². The van der Waals surface area contributed by atoms with Crippen LogP contribution in [0.4, 0.5) is 0 Å². The fourth-order valence-electron chi connectivity index (χ4n) is 3.39. The largest absolute Gasteiger partial charge is 0.291 e. The molecule has 2 aliphatic carbocycles. The molecule has 1 atom stereocenters. The molecule has 2 rings (SSSR count). The Bertz CT molecular complexity index is 247. The molecule has 2 nitrogen and oxygen atoms in total. The first-order valence-electron chi connectivity index (χ1n) is 5.26. The van der Waals surface area contributed by atoms with Crippen LogP contribution in [0.5, 0.6) is 0 Å². The van der Waals surface area contributed by atoms with Gasteiger partial charge in [-0.1, -0.05) is 6.42 Å². The third-order valence-corrected chi connectivity index (χ3v) is 4.33. The van der Waals surface area contributed by atoms with Crippen molar-refractivity contribution in [3.63, 3.8) is 0 Å². The number of nitrogens with zero attached hydrogens (tertiary/aromatic N) is 2. The van der Waals surface area contributed by atoms with E-state index in [0.29, 0.717) is 5.41 Å². The molecule has 0 amide bonds. The molecule has 2 fully saturated rings. The molecule has 2 saturated carbocycles. The summed E-state index contributed by atoms with van der Waals surface area (Å²) in [6.07, 6.45) is 7.48. The van der Waals surface area contributed by atoms with Crippen LogP contribution in [-0.4, -0.2) is 24.5 Å². The lowest BCUT2D eigenvalue weighted by Crippen LogP contribution is -2.56. The van der Waals surface area contributed by atoms with Gasteiger partial charge in [0.25, 0.3) is 0 Å². The molecular formula is C11H18N2. The maximum atomic E-state index is 9.40. The maximum Gasteiger partial charge on any atom is 0.114 e. The van der Waals surface area contributed by atoms with E-state index in [1.54, 1.807) is 0 Å². The van der Waals surface area contributed by atoms with Crippen molar-refractivity contribution in [3.05, 3.63) is 0 Å². The number of nitriles is 1. The first-order chi connectivity index (χ1) is 6.17. The van der Waals surface area contributed by atoms with Crippen LogP contribution >= 0.6 is 0 Å². The van der Waals surface area contributed by atoms with E-state index in [2.05, 4.69) is 25.1 Å². The van der Waals surface area contributed by atoms with Crippen LogP contribution < -0.4 is 0 Å². The summed E-state index contributed by atoms with van der Waals surface area (Å²) in [5.74, 6) is 0. The summed E-state index contributed by atoms with van der Waals surface area (Å²) in [4.78, 5) is 2.17. The summed E-state index contributed by atoms with van der Waals surface area (Å²) in [5.41, 5.74) is 0.233. The summed E-state index contributed by atoms with van der Waals surface area (Å²) in [6, 6.07) is 2.60. The normalized spacial score (nSPS) is 36.2. The number of hydrogen-bond donors (Lipinski definition) is 0. The van der Waals surface area contributed by atoms with Gasteiger partial charge in [0.2, 0.25) is 0 Å². The predicted molar refractivity (Wildman–Crippen MR) is 52.2 cm³/mol. The van der Waals surface area contributed by atoms with Gasteiger partial charge in [0.15, 0.2) is 0 Å². The molecule has 1 spiro atoms. The van der Waals surface area contributed by atoms with E-state index >= 15 is 0 Å². The molecule has 0 heterocycles. The van der Waals surface area contributed by atoms with Gasteiger partial charge < -0.3 is 0 Å². The minimum absolute atomic E-state index is 0.134. The minimum Gasteiger partial charge on any atom is -0.291 e. The molecule has 1 unspecified atom stereocenters. The van der Waals surface area contributed by atoms with Crippen LogP contribution in [0.3, 0.4) is 0 Å². The summed E-state index contributed by atoms with van der Waals surface area (Å²) >= 11 is 0. The number of hydrogen-bond acceptors (Lipinski definition) is 2. The second-order valence-corrected chi connectivity index (χ2v) is 4.85. The van der Waals surface area contributed by atoms with Crippen LogP contribution in [0.2, 0.25) is 0 Å². The zero-order valence-corrected chi connectivity index (χ0v) is 8.64. The molecule has 0 aromatic rings. The molecule has 0 aromatic carbocycles. The number of rotatable bonds is 1. The monoisotopic (exact) mass is 178 g/mol. The van der Waals surface area contributed by atoms with Gasteiger partial charge in [0.1, 0.15) is 5.54 Å². The van der Waals surface area contributed by atoms with Gasteiger partial charge in [0, 0.05) is 5.41 Å². The smallest absolute Gasteiger partial charge is 0.114 e. The van der Waals surface area contributed by atoms with E-state index in [-0.39, 0.29) is 5.54 Å². The SMILES string of the molecule is CN(C)C1(C#N)CCCC12CCC2. The Kier molecular flexibility index (Phi) is 1.89. The summed E-state index contributed by atoms with van der Waals surface area (Å²) in [6.45, 7) is 0. The summed E-state index contributed by atoms with van der Waals surface area (Å²) in [7, 11) is 4.13. The molecule has 0 bridgehead atoms. The van der Waals surface area contributed by atoms with Crippen molar-refractivity contribution in [3.8, 4) is 6.07 Å². The molecule has 13 heavy (non-hydrogen) atoms. The van der Waals surface area contributed by atoms with Crippen molar-refractivity contribution in [1.82, 2.24) is 4.90 Å². The highest BCUT2D eigenvalue weighted by atomic mass is 15.2. The third kappa shape index (κ3) is 0.914. The van der Waals surface area contributed by atoms with Crippen LogP contribution in [0.15, 0.2) is 0 Å². The lowest BCUT2D eigenvalue weighted by atomic mass is 9.58. The van der Waals surface area contributed by atoms with Gasteiger partial charge in [-0.05, 0) is 46.2 Å². The van der Waals surface area contributed by atoms with E-state index in [1.807, 2.05) is 0 Å². The van der Waals surface area contributed by atoms with Crippen molar-refractivity contribution in [2.24, 2.45) is 5.41 Å². The van der Waals surface area contributed by atoms with Gasteiger partial charge in [-0.3, -0.25) is 4.90 Å². The standard InChI is InChI=1S/C11H18N2/c1-13(2)11(9-12)8-4-7-10(11)5-3-6-10/h3-8H2,1-2H3. The molecule has 0 radical (unpaired) electrons. The van der Waals surface area contributed by atoms with Gasteiger partial charge in [-0.25, -0.2) is 0 Å². The van der Waals surface area contributed by atoms with Crippen LogP contribution in [0, 0.1) is 16.7 Å². The van der Waals surface area contributed by atoms with Crippen molar-refractivity contribution >= 4 is 0 Å². The summed E-state index contributed by atoms with van der Waals surface area (Å²) < 4.78 is 0. The van der Waals surface area contributed by atoms with E-state index in [4.69, 9.17) is 0 Å². The van der Waals surface area contributed by atoms with Gasteiger partial charge in [-0.15, -0.1) is 0 Å². The molecule has 0 saturated heterocycles. The van der Waals surface area contributed by atoms with Gasteiger partial charge in [-0.2, -0.15) is 5.26 Å². The van der Waals surface area contributed by atoms with Gasteiger partial charge in [0.05, 0.1) is 6.07 Å². The van der Waals surface area contributed by atoms with E-state index in [0.717, 1.165) is 6.42 Å². The Labute approximate surface area is 80.5 Å². The fraction of sp³-hybridized carbons (Fsp3) is 0.909. The average molecular weight is 178 g/mol. The van der Waals surface area contributed by atoms with Crippen molar-refractivity contribution in [2.75, 3.05) is 14.1 Å². The van der Waals surface area contributed by atoms with Crippen molar-refractivity contribution in [2.45, 2.75) is 44.1 Å². The Morgan fingerprint density at radius 3 is 1.92 bits per heavy atom. The second kappa shape index (κ2) is 2.72. The van der Waals surface area contributed by atoms with Crippen molar-refractivity contribution in [1.29, 1.82) is 5.26 Å². The third-order valence-electron chi connectivity index (χ3n) is 4.33. The summed E-state index contributed by atoms with van der Waals surface area (Å²) in [5, 5.41) is 9.40. The van der Waals surface area contributed by atoms with Crippen LogP contribution in [-0.2, 0) is 0 Å². The molecule has 0 aliphatic heterocycles. The zero-order chi connectivity index (χ0) is 9.53. The quantitative estimate of drug-likeness (QED) is 0.615. The second-order valence-electron chi connectivity index (χ2n) is 4.85. The Morgan fingerprint density at radius 1 is 1.08 bits per heavy atom. The Hall–Kier alpha value is -0.550. The van der Waals surface area contributed by atoms with Crippen LogP contribution in [0.25, 0.3) is 0 Å². The topological polar surface area (TPSA) is 27.0 Å². The lowest BCUT2D eigenvalue weighted by molar-refractivity contribution is 0.000703. The highest BCUT2D eigenvalue weighted by molar-refractivity contribution is 5.23. The lowest BCUT2D eigenvalue weighted by Gasteiger charge is -2.51. The molecule has 72 valence electrons. The zero-order valence-electron chi connectivity index (χ0n) is 8.64. The molecular weight excluding hydrogens is 160 g/mol. The van der Waals surface area contributed by atoms with Gasteiger partial charge >= 0.3 is 0 Å². The first kappa shape index (κ1) is 9.02. The Morgan fingerprint density at radius 2 is 1.62 bits per heavy atom. The average Bonchev–Trinajstić information content (AvgIpc) is 2.42.